The summed E-state index contributed by atoms with van der Waals surface area (Å²) in [6.45, 7) is 1.50. The number of carbonyl (C=O) groups is 1. The van der Waals surface area contributed by atoms with Crippen LogP contribution in [0.3, 0.4) is 0 Å². The average molecular weight is 239 g/mol. The Morgan fingerprint density at radius 3 is 3.18 bits per heavy atom. The molecule has 0 spiro atoms. The summed E-state index contributed by atoms with van der Waals surface area (Å²) in [6, 6.07) is 0.315. The number of unbranched alkanes of at least 4 members (excludes halogenated alkanes) is 1. The summed E-state index contributed by atoms with van der Waals surface area (Å²) in [7, 11) is 0. The van der Waals surface area contributed by atoms with Crippen LogP contribution in [-0.2, 0) is 16.0 Å². The molecule has 0 aliphatic carbocycles. The molecule has 1 saturated heterocycles. The summed E-state index contributed by atoms with van der Waals surface area (Å²) in [5.41, 5.74) is 0.933. The summed E-state index contributed by atoms with van der Waals surface area (Å²) in [4.78, 5) is 10.3. The van der Waals surface area contributed by atoms with Gasteiger partial charge in [0.05, 0.1) is 18.3 Å². The number of hydrogen-bond donors (Lipinski definition) is 1. The Hall–Kier alpha value is -1.43. The molecule has 1 aromatic heterocycles. The highest BCUT2D eigenvalue weighted by molar-refractivity contribution is 5.66. The lowest BCUT2D eigenvalue weighted by Gasteiger charge is -2.05. The topological polar surface area (TPSA) is 77.2 Å². The first-order valence-corrected chi connectivity index (χ1v) is 5.96. The molecule has 0 bridgehead atoms. The zero-order valence-electron chi connectivity index (χ0n) is 9.71. The maximum Gasteiger partial charge on any atom is 0.303 e. The van der Waals surface area contributed by atoms with E-state index in [1.54, 1.807) is 0 Å². The maximum absolute atomic E-state index is 10.3. The second-order valence-corrected chi connectivity index (χ2v) is 4.31. The van der Waals surface area contributed by atoms with Gasteiger partial charge in [-0.25, -0.2) is 4.68 Å². The predicted molar refractivity (Wildman–Crippen MR) is 59.7 cm³/mol. The smallest absolute Gasteiger partial charge is 0.303 e. The van der Waals surface area contributed by atoms with Gasteiger partial charge in [0.1, 0.15) is 0 Å². The molecule has 1 fully saturated rings. The van der Waals surface area contributed by atoms with E-state index in [9.17, 15) is 4.79 Å². The molecular formula is C11H17N3O3. The van der Waals surface area contributed by atoms with E-state index >= 15 is 0 Å². The van der Waals surface area contributed by atoms with Crippen LogP contribution < -0.4 is 0 Å². The number of nitrogens with zero attached hydrogens (tertiary/aromatic N) is 3. The Bertz CT molecular complexity index is 372. The first kappa shape index (κ1) is 12.0. The molecule has 94 valence electrons. The van der Waals surface area contributed by atoms with Crippen LogP contribution in [0, 0.1) is 0 Å². The fourth-order valence-corrected chi connectivity index (χ4v) is 1.92. The third-order valence-corrected chi connectivity index (χ3v) is 2.91. The standard InChI is InChI=1S/C11H17N3O3/c15-11(16)4-2-1-3-9-7-14(13-12-9)10-5-6-17-8-10/h7,10H,1-6,8H2,(H,15,16). The van der Waals surface area contributed by atoms with Crippen molar-refractivity contribution in [3.8, 4) is 0 Å². The molecule has 1 N–H and O–H groups in total. The van der Waals surface area contributed by atoms with Gasteiger partial charge in [0.2, 0.25) is 0 Å². The molecular weight excluding hydrogens is 222 g/mol. The molecule has 1 aliphatic rings. The zero-order valence-corrected chi connectivity index (χ0v) is 9.71. The van der Waals surface area contributed by atoms with E-state index in [0.29, 0.717) is 19.1 Å². The molecule has 0 amide bonds. The first-order chi connectivity index (χ1) is 8.25. The van der Waals surface area contributed by atoms with Crippen molar-refractivity contribution >= 4 is 5.97 Å². The Kier molecular flexibility index (Phi) is 4.08. The number of ether oxygens (including phenoxy) is 1. The van der Waals surface area contributed by atoms with Crippen LogP contribution in [0.1, 0.15) is 37.4 Å². The number of rotatable bonds is 6. The number of carboxylic acid groups (broad SMARTS) is 1. The van der Waals surface area contributed by atoms with Crippen LogP contribution >= 0.6 is 0 Å². The van der Waals surface area contributed by atoms with Crippen molar-refractivity contribution in [3.63, 3.8) is 0 Å². The number of carboxylic acids is 1. The van der Waals surface area contributed by atoms with Crippen molar-refractivity contribution in [3.05, 3.63) is 11.9 Å². The largest absolute Gasteiger partial charge is 0.481 e. The van der Waals surface area contributed by atoms with Crippen molar-refractivity contribution in [2.75, 3.05) is 13.2 Å². The molecule has 6 nitrogen and oxygen atoms in total. The molecule has 2 rings (SSSR count). The van der Waals surface area contributed by atoms with Crippen molar-refractivity contribution in [2.24, 2.45) is 0 Å². The Balaban J connectivity index is 1.75. The number of aromatic nitrogens is 3. The molecule has 2 heterocycles. The van der Waals surface area contributed by atoms with Crippen molar-refractivity contribution < 1.29 is 14.6 Å². The molecule has 0 saturated carbocycles. The van der Waals surface area contributed by atoms with Crippen LogP contribution in [0.15, 0.2) is 6.20 Å². The Morgan fingerprint density at radius 2 is 2.47 bits per heavy atom. The van der Waals surface area contributed by atoms with Crippen molar-refractivity contribution in [2.45, 2.75) is 38.1 Å². The predicted octanol–water partition coefficient (Wildman–Crippen LogP) is 1.04. The summed E-state index contributed by atoms with van der Waals surface area (Å²) < 4.78 is 7.15. The molecule has 17 heavy (non-hydrogen) atoms. The second kappa shape index (κ2) is 5.77. The minimum absolute atomic E-state index is 0.227. The summed E-state index contributed by atoms with van der Waals surface area (Å²) in [6.07, 6.45) is 5.48. The van der Waals surface area contributed by atoms with E-state index in [1.807, 2.05) is 10.9 Å². The highest BCUT2D eigenvalue weighted by Gasteiger charge is 2.18. The van der Waals surface area contributed by atoms with Gasteiger partial charge in [-0.05, 0) is 25.7 Å². The quantitative estimate of drug-likeness (QED) is 0.750. The lowest BCUT2D eigenvalue weighted by atomic mass is 10.1. The van der Waals surface area contributed by atoms with Gasteiger partial charge in [0.15, 0.2) is 0 Å². The van der Waals surface area contributed by atoms with Gasteiger partial charge < -0.3 is 9.84 Å². The SMILES string of the molecule is O=C(O)CCCCc1cn(C2CCOC2)nn1. The highest BCUT2D eigenvalue weighted by atomic mass is 16.5. The normalized spacial score (nSPS) is 19.6. The highest BCUT2D eigenvalue weighted by Crippen LogP contribution is 2.17. The van der Waals surface area contributed by atoms with Gasteiger partial charge in [-0.15, -0.1) is 5.10 Å². The molecule has 0 radical (unpaired) electrons. The van der Waals surface area contributed by atoms with Gasteiger partial charge in [-0.3, -0.25) is 4.79 Å². The fourth-order valence-electron chi connectivity index (χ4n) is 1.92. The van der Waals surface area contributed by atoms with Crippen LogP contribution in [-0.4, -0.2) is 39.3 Å². The van der Waals surface area contributed by atoms with Gasteiger partial charge in [-0.1, -0.05) is 5.21 Å². The third-order valence-electron chi connectivity index (χ3n) is 2.91. The average Bonchev–Trinajstić information content (AvgIpc) is 2.94. The number of hydrogen-bond acceptors (Lipinski definition) is 4. The fraction of sp³-hybridized carbons (Fsp3) is 0.727. The zero-order chi connectivity index (χ0) is 12.1. The second-order valence-electron chi connectivity index (χ2n) is 4.31. The van der Waals surface area contributed by atoms with E-state index < -0.39 is 5.97 Å². The summed E-state index contributed by atoms with van der Waals surface area (Å²) >= 11 is 0. The van der Waals surface area contributed by atoms with Gasteiger partial charge >= 0.3 is 5.97 Å². The Labute approximate surface area is 99.6 Å². The maximum atomic E-state index is 10.3. The molecule has 1 unspecified atom stereocenters. The first-order valence-electron chi connectivity index (χ1n) is 5.96. The summed E-state index contributed by atoms with van der Waals surface area (Å²) in [5, 5.41) is 16.7. The van der Waals surface area contributed by atoms with Gasteiger partial charge in [-0.2, -0.15) is 0 Å². The molecule has 1 atom stereocenters. The number of aliphatic carboxylic acids is 1. The van der Waals surface area contributed by atoms with E-state index in [1.165, 1.54) is 0 Å². The van der Waals surface area contributed by atoms with Crippen LogP contribution in [0.25, 0.3) is 0 Å². The molecule has 6 heteroatoms. The molecule has 0 aromatic carbocycles. The minimum atomic E-state index is -0.739. The summed E-state index contributed by atoms with van der Waals surface area (Å²) in [5.74, 6) is -0.739. The lowest BCUT2D eigenvalue weighted by molar-refractivity contribution is -0.137. The third kappa shape index (κ3) is 3.52. The van der Waals surface area contributed by atoms with E-state index in [0.717, 1.165) is 31.6 Å². The van der Waals surface area contributed by atoms with Crippen LogP contribution in [0.5, 0.6) is 0 Å². The van der Waals surface area contributed by atoms with Crippen LogP contribution in [0.4, 0.5) is 0 Å². The van der Waals surface area contributed by atoms with Gasteiger partial charge in [0, 0.05) is 19.2 Å². The van der Waals surface area contributed by atoms with E-state index in [4.69, 9.17) is 9.84 Å². The monoisotopic (exact) mass is 239 g/mol. The van der Waals surface area contributed by atoms with Crippen LogP contribution in [0.2, 0.25) is 0 Å². The molecule has 1 aliphatic heterocycles. The number of aryl methyl sites for hydroxylation is 1. The minimum Gasteiger partial charge on any atom is -0.481 e. The molecule has 1 aromatic rings. The van der Waals surface area contributed by atoms with E-state index in [-0.39, 0.29) is 6.42 Å². The van der Waals surface area contributed by atoms with Gasteiger partial charge in [0.25, 0.3) is 0 Å². The van der Waals surface area contributed by atoms with Crippen molar-refractivity contribution in [1.82, 2.24) is 15.0 Å². The van der Waals surface area contributed by atoms with Crippen molar-refractivity contribution in [1.29, 1.82) is 0 Å². The lowest BCUT2D eigenvalue weighted by Crippen LogP contribution is -2.08. The Morgan fingerprint density at radius 1 is 1.59 bits per heavy atom. The van der Waals surface area contributed by atoms with E-state index in [2.05, 4.69) is 10.3 Å².